The van der Waals surface area contributed by atoms with Crippen LogP contribution in [0.25, 0.3) is 0 Å². The highest BCUT2D eigenvalue weighted by Gasteiger charge is 2.19. The normalized spacial score (nSPS) is 19.4. The van der Waals surface area contributed by atoms with Gasteiger partial charge in [0, 0.05) is 18.7 Å². The number of nitrogens with zero attached hydrogens (tertiary/aromatic N) is 2. The van der Waals surface area contributed by atoms with Gasteiger partial charge in [-0.2, -0.15) is 5.10 Å². The van der Waals surface area contributed by atoms with Gasteiger partial charge in [-0.05, 0) is 37.8 Å². The van der Waals surface area contributed by atoms with Crippen molar-refractivity contribution < 1.29 is 0 Å². The second kappa shape index (κ2) is 7.82. The molecule has 0 spiro atoms. The minimum Gasteiger partial charge on any atom is -0.314 e. The average Bonchev–Trinajstić information content (AvgIpc) is 3.08. The van der Waals surface area contributed by atoms with Gasteiger partial charge in [0.25, 0.3) is 0 Å². The Bertz CT molecular complexity index is 379. The van der Waals surface area contributed by atoms with Gasteiger partial charge in [0.1, 0.15) is 0 Å². The molecule has 2 atom stereocenters. The fourth-order valence-corrected chi connectivity index (χ4v) is 3.29. The lowest BCUT2D eigenvalue weighted by Gasteiger charge is -2.20. The second-order valence-corrected chi connectivity index (χ2v) is 6.43. The van der Waals surface area contributed by atoms with Gasteiger partial charge in [-0.3, -0.25) is 4.68 Å². The maximum Gasteiger partial charge on any atom is 0.0640 e. The lowest BCUT2D eigenvalue weighted by Crippen LogP contribution is -2.32. The van der Waals surface area contributed by atoms with Gasteiger partial charge >= 0.3 is 0 Å². The van der Waals surface area contributed by atoms with E-state index in [9.17, 15) is 0 Å². The van der Waals surface area contributed by atoms with Crippen LogP contribution in [-0.2, 0) is 6.42 Å². The smallest absolute Gasteiger partial charge is 0.0640 e. The minimum absolute atomic E-state index is 0.571. The fourth-order valence-electron chi connectivity index (χ4n) is 3.29. The third kappa shape index (κ3) is 4.34. The van der Waals surface area contributed by atoms with Gasteiger partial charge in [0.05, 0.1) is 11.7 Å². The highest BCUT2D eigenvalue weighted by molar-refractivity contribution is 5.03. The maximum absolute atomic E-state index is 4.82. The van der Waals surface area contributed by atoms with Crippen LogP contribution in [-0.4, -0.2) is 22.4 Å². The zero-order valence-electron chi connectivity index (χ0n) is 13.4. The van der Waals surface area contributed by atoms with Crippen LogP contribution in [0.15, 0.2) is 12.3 Å². The molecular formula is C17H31N3. The van der Waals surface area contributed by atoms with E-state index < -0.39 is 0 Å². The van der Waals surface area contributed by atoms with Crippen LogP contribution in [0, 0.1) is 5.92 Å². The molecule has 0 amide bonds. The quantitative estimate of drug-likeness (QED) is 0.779. The van der Waals surface area contributed by atoms with Crippen molar-refractivity contribution in [3.8, 4) is 0 Å². The second-order valence-electron chi connectivity index (χ2n) is 6.43. The molecule has 1 fully saturated rings. The average molecular weight is 277 g/mol. The molecule has 1 aliphatic carbocycles. The van der Waals surface area contributed by atoms with Crippen LogP contribution in [0.2, 0.25) is 0 Å². The molecule has 1 saturated carbocycles. The molecule has 2 unspecified atom stereocenters. The molecule has 1 N–H and O–H groups in total. The number of nitrogens with one attached hydrogen (secondary N) is 1. The van der Waals surface area contributed by atoms with Crippen LogP contribution in [0.5, 0.6) is 0 Å². The van der Waals surface area contributed by atoms with E-state index in [4.69, 9.17) is 5.10 Å². The Kier molecular flexibility index (Phi) is 6.08. The van der Waals surface area contributed by atoms with E-state index in [1.165, 1.54) is 44.2 Å². The van der Waals surface area contributed by atoms with Crippen molar-refractivity contribution in [2.45, 2.75) is 77.8 Å². The van der Waals surface area contributed by atoms with E-state index in [0.717, 1.165) is 18.9 Å². The summed E-state index contributed by atoms with van der Waals surface area (Å²) in [5.74, 6) is 0.788. The first-order valence-electron chi connectivity index (χ1n) is 8.50. The molecule has 3 heteroatoms. The standard InChI is InChI=1S/C17H31N3/c1-4-14(3)12-16(18-5-2)13-15-10-11-20(19-15)17-8-6-7-9-17/h10-11,14,16-18H,4-9,12-13H2,1-3H3. The Labute approximate surface area is 124 Å². The number of hydrogen-bond acceptors (Lipinski definition) is 2. The number of likely N-dealkylation sites (N-methyl/N-ethyl adjacent to an activating group) is 1. The summed E-state index contributed by atoms with van der Waals surface area (Å²) in [6.45, 7) is 7.87. The number of hydrogen-bond donors (Lipinski definition) is 1. The monoisotopic (exact) mass is 277 g/mol. The minimum atomic E-state index is 0.571. The molecule has 0 aromatic carbocycles. The summed E-state index contributed by atoms with van der Waals surface area (Å²) in [6, 6.07) is 3.46. The predicted octanol–water partition coefficient (Wildman–Crippen LogP) is 3.96. The van der Waals surface area contributed by atoms with E-state index in [1.54, 1.807) is 0 Å². The molecule has 20 heavy (non-hydrogen) atoms. The largest absolute Gasteiger partial charge is 0.314 e. The zero-order valence-corrected chi connectivity index (χ0v) is 13.4. The first-order chi connectivity index (χ1) is 9.72. The molecule has 114 valence electrons. The van der Waals surface area contributed by atoms with Crippen molar-refractivity contribution in [3.63, 3.8) is 0 Å². The van der Waals surface area contributed by atoms with Gasteiger partial charge in [-0.1, -0.05) is 40.0 Å². The third-order valence-electron chi connectivity index (χ3n) is 4.69. The fraction of sp³-hybridized carbons (Fsp3) is 0.824. The summed E-state index contributed by atoms with van der Waals surface area (Å²) in [7, 11) is 0. The van der Waals surface area contributed by atoms with Crippen molar-refractivity contribution in [1.82, 2.24) is 15.1 Å². The molecule has 1 aliphatic rings. The number of aromatic nitrogens is 2. The molecule has 0 radical (unpaired) electrons. The molecule has 1 aromatic heterocycles. The van der Waals surface area contributed by atoms with Crippen LogP contribution in [0.1, 0.15) is 71.0 Å². The molecule has 0 saturated heterocycles. The molecule has 2 rings (SSSR count). The first kappa shape index (κ1) is 15.6. The summed E-state index contributed by atoms with van der Waals surface area (Å²) >= 11 is 0. The van der Waals surface area contributed by atoms with Crippen LogP contribution < -0.4 is 5.32 Å². The van der Waals surface area contributed by atoms with Crippen LogP contribution >= 0.6 is 0 Å². The Balaban J connectivity index is 1.92. The van der Waals surface area contributed by atoms with Crippen molar-refractivity contribution in [1.29, 1.82) is 0 Å². The Morgan fingerprint density at radius 3 is 2.75 bits per heavy atom. The van der Waals surface area contributed by atoms with Crippen molar-refractivity contribution in [3.05, 3.63) is 18.0 Å². The van der Waals surface area contributed by atoms with Gasteiger partial charge in [-0.15, -0.1) is 0 Å². The molecule has 0 aliphatic heterocycles. The third-order valence-corrected chi connectivity index (χ3v) is 4.69. The van der Waals surface area contributed by atoms with E-state index in [2.05, 4.69) is 43.0 Å². The lowest BCUT2D eigenvalue weighted by molar-refractivity contribution is 0.391. The topological polar surface area (TPSA) is 29.9 Å². The van der Waals surface area contributed by atoms with Gasteiger partial charge < -0.3 is 5.32 Å². The highest BCUT2D eigenvalue weighted by atomic mass is 15.3. The van der Waals surface area contributed by atoms with Crippen molar-refractivity contribution in [2.24, 2.45) is 5.92 Å². The molecule has 0 bridgehead atoms. The van der Waals surface area contributed by atoms with Crippen LogP contribution in [0.4, 0.5) is 0 Å². The van der Waals surface area contributed by atoms with E-state index in [0.29, 0.717) is 12.1 Å². The Morgan fingerprint density at radius 2 is 2.10 bits per heavy atom. The molecular weight excluding hydrogens is 246 g/mol. The summed E-state index contributed by atoms with van der Waals surface area (Å²) in [6.07, 6.45) is 11.1. The van der Waals surface area contributed by atoms with Gasteiger partial charge in [0.2, 0.25) is 0 Å². The van der Waals surface area contributed by atoms with E-state index >= 15 is 0 Å². The summed E-state index contributed by atoms with van der Waals surface area (Å²) in [5.41, 5.74) is 1.26. The Morgan fingerprint density at radius 1 is 1.35 bits per heavy atom. The number of rotatable bonds is 8. The van der Waals surface area contributed by atoms with E-state index in [1.807, 2.05) is 0 Å². The van der Waals surface area contributed by atoms with Gasteiger partial charge in [0.15, 0.2) is 0 Å². The molecule has 1 aromatic rings. The van der Waals surface area contributed by atoms with Crippen molar-refractivity contribution in [2.75, 3.05) is 6.54 Å². The predicted molar refractivity (Wildman–Crippen MR) is 85.0 cm³/mol. The Hall–Kier alpha value is -0.830. The van der Waals surface area contributed by atoms with Gasteiger partial charge in [-0.25, -0.2) is 0 Å². The lowest BCUT2D eigenvalue weighted by atomic mass is 9.96. The molecule has 1 heterocycles. The first-order valence-corrected chi connectivity index (χ1v) is 8.50. The zero-order chi connectivity index (χ0) is 14.4. The highest BCUT2D eigenvalue weighted by Crippen LogP contribution is 2.28. The summed E-state index contributed by atoms with van der Waals surface area (Å²) < 4.78 is 2.22. The molecule has 3 nitrogen and oxygen atoms in total. The van der Waals surface area contributed by atoms with Crippen LogP contribution in [0.3, 0.4) is 0 Å². The summed E-state index contributed by atoms with van der Waals surface area (Å²) in [4.78, 5) is 0. The maximum atomic E-state index is 4.82. The van der Waals surface area contributed by atoms with E-state index in [-0.39, 0.29) is 0 Å². The SMILES string of the molecule is CCNC(Cc1ccn(C2CCCC2)n1)CC(C)CC. The van der Waals surface area contributed by atoms with Crippen molar-refractivity contribution >= 4 is 0 Å². The summed E-state index contributed by atoms with van der Waals surface area (Å²) in [5, 5.41) is 8.45.